The molecule has 0 radical (unpaired) electrons. The molecule has 2 heterocycles. The molecule has 0 fully saturated rings. The van der Waals surface area contributed by atoms with E-state index in [2.05, 4.69) is 10.1 Å². The molecule has 0 amide bonds. The molecule has 0 aliphatic heterocycles. The lowest BCUT2D eigenvalue weighted by atomic mass is 10.2. The van der Waals surface area contributed by atoms with Crippen LogP contribution in [0.1, 0.15) is 11.4 Å². The molecule has 5 nitrogen and oxygen atoms in total. The van der Waals surface area contributed by atoms with Crippen LogP contribution in [0.4, 0.5) is 0 Å². The summed E-state index contributed by atoms with van der Waals surface area (Å²) >= 11 is 12.6. The normalized spacial score (nSPS) is 11.5. The highest BCUT2D eigenvalue weighted by atomic mass is 35.5. The summed E-state index contributed by atoms with van der Waals surface area (Å²) in [7, 11) is 0. The van der Waals surface area contributed by atoms with Gasteiger partial charge in [0.05, 0.1) is 6.21 Å². The molecule has 0 saturated carbocycles. The molecule has 0 atom stereocenters. The molecule has 0 unspecified atom stereocenters. The topological polar surface area (TPSA) is 52.2 Å². The van der Waals surface area contributed by atoms with E-state index in [4.69, 9.17) is 23.8 Å². The van der Waals surface area contributed by atoms with Gasteiger partial charge in [-0.1, -0.05) is 53.3 Å². The predicted molar refractivity (Wildman–Crippen MR) is 113 cm³/mol. The maximum absolute atomic E-state index is 13.0. The molecule has 0 N–H and O–H groups in total. The zero-order valence-corrected chi connectivity index (χ0v) is 16.6. The smallest absolute Gasteiger partial charge is 0.275 e. The second kappa shape index (κ2) is 7.19. The van der Waals surface area contributed by atoms with Crippen LogP contribution in [0.15, 0.2) is 64.5 Å². The number of thiazole rings is 1. The van der Waals surface area contributed by atoms with Gasteiger partial charge in [-0.15, -0.1) is 0 Å². The number of rotatable bonds is 3. The number of hydrogen-bond donors (Lipinski definition) is 0. The van der Waals surface area contributed by atoms with Crippen molar-refractivity contribution >= 4 is 51.7 Å². The van der Waals surface area contributed by atoms with E-state index in [0.29, 0.717) is 25.1 Å². The maximum atomic E-state index is 13.0. The molecule has 4 aromatic rings. The Morgan fingerprint density at radius 1 is 1.15 bits per heavy atom. The minimum absolute atomic E-state index is 0.242. The maximum Gasteiger partial charge on any atom is 0.293 e. The average molecular weight is 413 g/mol. The molecule has 27 heavy (non-hydrogen) atoms. The van der Waals surface area contributed by atoms with Gasteiger partial charge in [-0.25, -0.2) is 4.98 Å². The van der Waals surface area contributed by atoms with Crippen LogP contribution in [0.2, 0.25) is 5.02 Å². The molecule has 2 aromatic heterocycles. The van der Waals surface area contributed by atoms with Gasteiger partial charge in [-0.05, 0) is 49.0 Å². The van der Waals surface area contributed by atoms with Crippen LogP contribution in [-0.2, 0) is 0 Å². The summed E-state index contributed by atoms with van der Waals surface area (Å²) in [5.74, 6) is 0.482. The fourth-order valence-corrected chi connectivity index (χ4v) is 4.09. The van der Waals surface area contributed by atoms with E-state index in [0.717, 1.165) is 11.3 Å². The van der Waals surface area contributed by atoms with Crippen molar-refractivity contribution in [2.24, 2.45) is 5.10 Å². The summed E-state index contributed by atoms with van der Waals surface area (Å²) in [6.07, 6.45) is 1.60. The van der Waals surface area contributed by atoms with E-state index < -0.39 is 0 Å². The lowest BCUT2D eigenvalue weighted by Crippen LogP contribution is -2.20. The summed E-state index contributed by atoms with van der Waals surface area (Å²) < 4.78 is 4.15. The van der Waals surface area contributed by atoms with Gasteiger partial charge in [0.15, 0.2) is 9.60 Å². The van der Waals surface area contributed by atoms with E-state index >= 15 is 0 Å². The van der Waals surface area contributed by atoms with Gasteiger partial charge in [0.25, 0.3) is 5.56 Å². The van der Waals surface area contributed by atoms with Crippen molar-refractivity contribution in [3.05, 3.63) is 85.3 Å². The first-order chi connectivity index (χ1) is 13.0. The molecule has 4 rings (SSSR count). The minimum atomic E-state index is -0.242. The fourth-order valence-electron chi connectivity index (χ4n) is 2.66. The van der Waals surface area contributed by atoms with Crippen molar-refractivity contribution in [1.29, 1.82) is 0 Å². The molecular weight excluding hydrogens is 400 g/mol. The van der Waals surface area contributed by atoms with Crippen LogP contribution in [-0.4, -0.2) is 20.4 Å². The molecule has 0 spiro atoms. The Kier molecular flexibility index (Phi) is 4.73. The molecule has 0 saturated heterocycles. The van der Waals surface area contributed by atoms with E-state index in [1.807, 2.05) is 47.0 Å². The van der Waals surface area contributed by atoms with E-state index in [1.165, 1.54) is 16.0 Å². The first-order valence-corrected chi connectivity index (χ1v) is 9.65. The zero-order valence-electron chi connectivity index (χ0n) is 14.2. The number of aromatic nitrogens is 3. The number of fused-ring (bicyclic) bond motifs is 1. The van der Waals surface area contributed by atoms with E-state index in [1.54, 1.807) is 25.3 Å². The Labute approximate surface area is 168 Å². The van der Waals surface area contributed by atoms with Gasteiger partial charge >= 0.3 is 0 Å². The van der Waals surface area contributed by atoms with Crippen molar-refractivity contribution in [2.45, 2.75) is 6.92 Å². The van der Waals surface area contributed by atoms with Gasteiger partial charge < -0.3 is 0 Å². The Morgan fingerprint density at radius 3 is 2.56 bits per heavy atom. The predicted octanol–water partition coefficient (Wildman–Crippen LogP) is 4.82. The summed E-state index contributed by atoms with van der Waals surface area (Å²) in [5, 5.41) is 4.95. The highest BCUT2D eigenvalue weighted by Crippen LogP contribution is 2.23. The van der Waals surface area contributed by atoms with Crippen molar-refractivity contribution in [2.75, 3.05) is 0 Å². The Balaban J connectivity index is 1.86. The number of benzene rings is 2. The van der Waals surface area contributed by atoms with Crippen LogP contribution < -0.4 is 5.56 Å². The lowest BCUT2D eigenvalue weighted by molar-refractivity contribution is 0.768. The lowest BCUT2D eigenvalue weighted by Gasteiger charge is -2.06. The van der Waals surface area contributed by atoms with Gasteiger partial charge in [-0.2, -0.15) is 9.78 Å². The largest absolute Gasteiger partial charge is 0.293 e. The summed E-state index contributed by atoms with van der Waals surface area (Å²) in [6.45, 7) is 1.75. The van der Waals surface area contributed by atoms with Crippen LogP contribution in [0.5, 0.6) is 0 Å². The molecular formula is C19H13ClN4OS2. The monoisotopic (exact) mass is 412 g/mol. The molecule has 0 aliphatic rings. The third-order valence-corrected chi connectivity index (χ3v) is 5.56. The number of para-hydroxylation sites is 1. The number of hydrogen-bond acceptors (Lipinski definition) is 5. The molecule has 0 bridgehead atoms. The average Bonchev–Trinajstić information content (AvgIpc) is 3.00. The number of halogens is 1. The van der Waals surface area contributed by atoms with Crippen molar-refractivity contribution in [3.63, 3.8) is 0 Å². The first kappa shape index (κ1) is 17.8. The van der Waals surface area contributed by atoms with Gasteiger partial charge in [-0.3, -0.25) is 9.36 Å². The summed E-state index contributed by atoms with van der Waals surface area (Å²) in [4.78, 5) is 17.6. The standard InChI is InChI=1S/C19H13ClN4OS2/c1-12-22-17-16(27-19(26)23(17)15-5-3-2-4-6-15)18(25)24(12)21-11-13-7-9-14(20)10-8-13/h2-11H,1H3/b21-11-. The molecule has 0 aliphatic carbocycles. The van der Waals surface area contributed by atoms with Crippen LogP contribution in [0, 0.1) is 10.9 Å². The second-order valence-corrected chi connectivity index (χ2v) is 7.84. The molecule has 134 valence electrons. The molecule has 8 heteroatoms. The van der Waals surface area contributed by atoms with Crippen LogP contribution in [0.3, 0.4) is 0 Å². The van der Waals surface area contributed by atoms with Crippen molar-refractivity contribution < 1.29 is 0 Å². The first-order valence-electron chi connectivity index (χ1n) is 8.05. The third-order valence-electron chi connectivity index (χ3n) is 3.95. The summed E-state index contributed by atoms with van der Waals surface area (Å²) in [6, 6.07) is 16.8. The Hall–Kier alpha value is -2.61. The summed E-state index contributed by atoms with van der Waals surface area (Å²) in [5.41, 5.74) is 2.02. The minimum Gasteiger partial charge on any atom is -0.275 e. The van der Waals surface area contributed by atoms with Gasteiger partial charge in [0.2, 0.25) is 0 Å². The van der Waals surface area contributed by atoms with Crippen LogP contribution >= 0.6 is 35.2 Å². The van der Waals surface area contributed by atoms with Crippen LogP contribution in [0.25, 0.3) is 16.0 Å². The van der Waals surface area contributed by atoms with Crippen molar-refractivity contribution in [1.82, 2.24) is 14.2 Å². The SMILES string of the molecule is Cc1nc2c(sc(=S)n2-c2ccccc2)c(=O)n1/N=C\c1ccc(Cl)cc1. The Bertz CT molecular complexity index is 1270. The molecule has 2 aromatic carbocycles. The van der Waals surface area contributed by atoms with Gasteiger partial charge in [0, 0.05) is 10.7 Å². The second-order valence-electron chi connectivity index (χ2n) is 5.76. The van der Waals surface area contributed by atoms with Gasteiger partial charge in [0.1, 0.15) is 10.5 Å². The number of nitrogens with zero attached hydrogens (tertiary/aromatic N) is 4. The highest BCUT2D eigenvalue weighted by molar-refractivity contribution is 7.73. The van der Waals surface area contributed by atoms with E-state index in [9.17, 15) is 4.79 Å². The highest BCUT2D eigenvalue weighted by Gasteiger charge is 2.15. The zero-order chi connectivity index (χ0) is 19.0. The Morgan fingerprint density at radius 2 is 1.85 bits per heavy atom. The quantitative estimate of drug-likeness (QED) is 0.358. The fraction of sp³-hybridized carbons (Fsp3) is 0.0526. The third kappa shape index (κ3) is 3.37. The number of aryl methyl sites for hydroxylation is 1. The van der Waals surface area contributed by atoms with Crippen molar-refractivity contribution in [3.8, 4) is 5.69 Å². The van der Waals surface area contributed by atoms with E-state index in [-0.39, 0.29) is 5.56 Å².